The fraction of sp³-hybridized carbons (Fsp3) is 0.150. The Morgan fingerprint density at radius 3 is 2.79 bits per heavy atom. The van der Waals surface area contributed by atoms with E-state index in [-0.39, 0.29) is 29.9 Å². The van der Waals surface area contributed by atoms with Crippen LogP contribution in [0.4, 0.5) is 4.39 Å². The first-order chi connectivity index (χ1) is 13.9. The molecule has 0 spiro atoms. The molecule has 3 heterocycles. The van der Waals surface area contributed by atoms with Crippen molar-refractivity contribution >= 4 is 27.1 Å². The summed E-state index contributed by atoms with van der Waals surface area (Å²) >= 11 is 1.20. The van der Waals surface area contributed by atoms with Gasteiger partial charge in [0.15, 0.2) is 21.3 Å². The van der Waals surface area contributed by atoms with Crippen LogP contribution >= 0.6 is 11.3 Å². The highest BCUT2D eigenvalue weighted by Crippen LogP contribution is 2.43. The first-order valence-electron chi connectivity index (χ1n) is 8.73. The lowest BCUT2D eigenvalue weighted by molar-refractivity contribution is 0.0955. The van der Waals surface area contributed by atoms with Crippen LogP contribution < -0.4 is 14.8 Å². The molecule has 0 radical (unpaired) electrons. The van der Waals surface area contributed by atoms with E-state index in [1.165, 1.54) is 23.5 Å². The molecule has 1 aromatic heterocycles. The minimum absolute atomic E-state index is 0.0285. The molecule has 148 valence electrons. The average molecular weight is 431 g/mol. The van der Waals surface area contributed by atoms with Gasteiger partial charge in [-0.25, -0.2) is 12.8 Å². The van der Waals surface area contributed by atoms with Gasteiger partial charge >= 0.3 is 0 Å². The lowest BCUT2D eigenvalue weighted by atomic mass is 10.1. The van der Waals surface area contributed by atoms with Crippen LogP contribution in [0, 0.1) is 5.82 Å². The fourth-order valence-electron chi connectivity index (χ4n) is 3.42. The van der Waals surface area contributed by atoms with E-state index in [4.69, 9.17) is 9.47 Å². The Labute approximate surface area is 169 Å². The van der Waals surface area contributed by atoms with Crippen LogP contribution in [-0.4, -0.2) is 21.1 Å². The molecule has 0 atom stereocenters. The number of ether oxygens (including phenoxy) is 2. The van der Waals surface area contributed by atoms with Crippen LogP contribution in [0.15, 0.2) is 47.4 Å². The molecule has 3 aromatic rings. The predicted octanol–water partition coefficient (Wildman–Crippen LogP) is 3.50. The summed E-state index contributed by atoms with van der Waals surface area (Å²) in [7, 11) is -3.64. The molecule has 29 heavy (non-hydrogen) atoms. The van der Waals surface area contributed by atoms with Crippen LogP contribution in [0.25, 0.3) is 10.4 Å². The number of carbonyl (C=O) groups excluding carboxylic acids is 1. The standard InChI is InChI=1S/C20H14FNO5S2/c21-13-2-3-14-18(7-13)29(24,25)9-12-6-17(28-19(12)14)20(23)22-8-11-1-4-15-16(5-11)27-10-26-15/h1-7H,8-10H2,(H,22,23). The summed E-state index contributed by atoms with van der Waals surface area (Å²) in [6.45, 7) is 0.471. The maximum atomic E-state index is 13.5. The number of thiophene rings is 1. The molecule has 5 rings (SSSR count). The Morgan fingerprint density at radius 2 is 1.93 bits per heavy atom. The van der Waals surface area contributed by atoms with Crippen LogP contribution in [-0.2, 0) is 22.1 Å². The van der Waals surface area contributed by atoms with Crippen LogP contribution in [0.3, 0.4) is 0 Å². The van der Waals surface area contributed by atoms with Gasteiger partial charge < -0.3 is 14.8 Å². The first kappa shape index (κ1) is 18.1. The van der Waals surface area contributed by atoms with E-state index in [0.29, 0.717) is 32.4 Å². The molecule has 2 aliphatic rings. The van der Waals surface area contributed by atoms with Crippen LogP contribution in [0.1, 0.15) is 20.8 Å². The summed E-state index contributed by atoms with van der Waals surface area (Å²) in [5.41, 5.74) is 1.85. The summed E-state index contributed by atoms with van der Waals surface area (Å²) < 4.78 is 49.1. The zero-order valence-electron chi connectivity index (χ0n) is 14.9. The third-order valence-corrected chi connectivity index (χ3v) is 7.70. The van der Waals surface area contributed by atoms with E-state index in [1.807, 2.05) is 6.07 Å². The minimum atomic E-state index is -3.64. The predicted molar refractivity (Wildman–Crippen MR) is 104 cm³/mol. The molecule has 9 heteroatoms. The van der Waals surface area contributed by atoms with E-state index in [9.17, 15) is 17.6 Å². The highest BCUT2D eigenvalue weighted by Gasteiger charge is 2.31. The molecule has 0 saturated heterocycles. The van der Waals surface area contributed by atoms with Crippen LogP contribution in [0.2, 0.25) is 0 Å². The molecular weight excluding hydrogens is 417 g/mol. The molecule has 0 saturated carbocycles. The quantitative estimate of drug-likeness (QED) is 0.687. The molecular formula is C20H14FNO5S2. The van der Waals surface area contributed by atoms with Gasteiger partial charge in [-0.15, -0.1) is 11.3 Å². The van der Waals surface area contributed by atoms with Crippen molar-refractivity contribution in [2.45, 2.75) is 17.2 Å². The van der Waals surface area contributed by atoms with Gasteiger partial charge in [-0.2, -0.15) is 0 Å². The second kappa shape index (κ2) is 6.57. The van der Waals surface area contributed by atoms with Gasteiger partial charge in [-0.05, 0) is 47.5 Å². The van der Waals surface area contributed by atoms with Gasteiger partial charge in [0.25, 0.3) is 5.91 Å². The maximum absolute atomic E-state index is 13.5. The fourth-order valence-corrected chi connectivity index (χ4v) is 6.30. The Kier molecular flexibility index (Phi) is 4.11. The van der Waals surface area contributed by atoms with Gasteiger partial charge in [0.2, 0.25) is 6.79 Å². The zero-order valence-corrected chi connectivity index (χ0v) is 16.5. The van der Waals surface area contributed by atoms with Crippen LogP contribution in [0.5, 0.6) is 11.5 Å². The van der Waals surface area contributed by atoms with Crippen molar-refractivity contribution in [3.8, 4) is 21.9 Å². The summed E-state index contributed by atoms with van der Waals surface area (Å²) in [5.74, 6) is 0.155. The summed E-state index contributed by atoms with van der Waals surface area (Å²) in [6, 6.07) is 10.7. The van der Waals surface area contributed by atoms with E-state index >= 15 is 0 Å². The largest absolute Gasteiger partial charge is 0.454 e. The number of sulfone groups is 1. The highest BCUT2D eigenvalue weighted by molar-refractivity contribution is 7.91. The van der Waals surface area contributed by atoms with E-state index in [1.54, 1.807) is 18.2 Å². The lowest BCUT2D eigenvalue weighted by Crippen LogP contribution is -2.21. The molecule has 0 fully saturated rings. The van der Waals surface area contributed by atoms with Crippen molar-refractivity contribution in [3.63, 3.8) is 0 Å². The highest BCUT2D eigenvalue weighted by atomic mass is 32.2. The summed E-state index contributed by atoms with van der Waals surface area (Å²) in [6.07, 6.45) is 0. The topological polar surface area (TPSA) is 81.7 Å². The van der Waals surface area contributed by atoms with Gasteiger partial charge in [0.1, 0.15) is 5.82 Å². The Hall–Kier alpha value is -2.91. The molecule has 0 unspecified atom stereocenters. The Morgan fingerprint density at radius 1 is 1.10 bits per heavy atom. The normalized spacial score (nSPS) is 15.5. The zero-order chi connectivity index (χ0) is 20.2. The number of carbonyl (C=O) groups is 1. The Bertz CT molecular complexity index is 1270. The van der Waals surface area contributed by atoms with Crippen molar-refractivity contribution in [2.75, 3.05) is 6.79 Å². The molecule has 2 aromatic carbocycles. The van der Waals surface area contributed by atoms with Gasteiger partial charge in [0, 0.05) is 17.0 Å². The van der Waals surface area contributed by atoms with Crippen molar-refractivity contribution in [1.29, 1.82) is 0 Å². The maximum Gasteiger partial charge on any atom is 0.261 e. The number of hydrogen-bond donors (Lipinski definition) is 1. The van der Waals surface area contributed by atoms with Crippen molar-refractivity contribution in [1.82, 2.24) is 5.32 Å². The number of hydrogen-bond acceptors (Lipinski definition) is 6. The SMILES string of the molecule is O=C(NCc1ccc2c(c1)OCO2)c1cc2c(s1)-c1ccc(F)cc1S(=O)(=O)C2. The molecule has 2 aliphatic heterocycles. The van der Waals surface area contributed by atoms with E-state index in [2.05, 4.69) is 5.32 Å². The van der Waals surface area contributed by atoms with E-state index < -0.39 is 15.7 Å². The van der Waals surface area contributed by atoms with Gasteiger partial charge in [0.05, 0.1) is 15.5 Å². The molecule has 0 bridgehead atoms. The van der Waals surface area contributed by atoms with Gasteiger partial charge in [-0.3, -0.25) is 4.79 Å². The number of halogens is 1. The van der Waals surface area contributed by atoms with Crippen molar-refractivity contribution < 1.29 is 27.1 Å². The third-order valence-electron chi connectivity index (χ3n) is 4.79. The van der Waals surface area contributed by atoms with Crippen molar-refractivity contribution in [2.24, 2.45) is 0 Å². The summed E-state index contributed by atoms with van der Waals surface area (Å²) in [5, 5.41) is 2.84. The second-order valence-corrected chi connectivity index (χ2v) is 9.75. The van der Waals surface area contributed by atoms with Crippen molar-refractivity contribution in [3.05, 3.63) is 64.3 Å². The third kappa shape index (κ3) is 3.16. The molecule has 6 nitrogen and oxygen atoms in total. The van der Waals surface area contributed by atoms with Gasteiger partial charge in [-0.1, -0.05) is 6.07 Å². The minimum Gasteiger partial charge on any atom is -0.454 e. The second-order valence-electron chi connectivity index (χ2n) is 6.73. The molecule has 0 aliphatic carbocycles. The summed E-state index contributed by atoms with van der Waals surface area (Å²) in [4.78, 5) is 13.7. The average Bonchev–Trinajstić information content (AvgIpc) is 3.32. The number of benzene rings is 2. The smallest absolute Gasteiger partial charge is 0.261 e. The molecule has 1 N–H and O–H groups in total. The first-order valence-corrected chi connectivity index (χ1v) is 11.2. The molecule has 1 amide bonds. The monoisotopic (exact) mass is 431 g/mol. The Balaban J connectivity index is 1.40. The number of nitrogens with one attached hydrogen (secondary N) is 1. The van der Waals surface area contributed by atoms with E-state index in [0.717, 1.165) is 11.6 Å². The number of fused-ring (bicyclic) bond motifs is 4. The number of amides is 1. The lowest BCUT2D eigenvalue weighted by Gasteiger charge is -2.16. The number of rotatable bonds is 3.